The van der Waals surface area contributed by atoms with Crippen molar-refractivity contribution in [2.45, 2.75) is 32.7 Å². The summed E-state index contributed by atoms with van der Waals surface area (Å²) in [6.45, 7) is 5.81. The Labute approximate surface area is 51.5 Å². The summed E-state index contributed by atoms with van der Waals surface area (Å²) in [6, 6.07) is 0.763. The normalized spacial score (nSPS) is 39.8. The van der Waals surface area contributed by atoms with Gasteiger partial charge in [-0.15, -0.1) is 0 Å². The van der Waals surface area contributed by atoms with Gasteiger partial charge < -0.3 is 5.32 Å². The van der Waals surface area contributed by atoms with E-state index in [4.69, 9.17) is 0 Å². The van der Waals surface area contributed by atoms with Crippen molar-refractivity contribution in [3.63, 3.8) is 0 Å². The van der Waals surface area contributed by atoms with Gasteiger partial charge in [-0.05, 0) is 32.2 Å². The molecular weight excluding hydrogens is 98.1 g/mol. The molecule has 2 atom stereocenters. The fourth-order valence-electron chi connectivity index (χ4n) is 1.38. The highest BCUT2D eigenvalue weighted by Crippen LogP contribution is 2.13. The zero-order valence-corrected chi connectivity index (χ0v) is 5.78. The lowest BCUT2D eigenvalue weighted by atomic mass is 9.96. The molecule has 1 rings (SSSR count). The summed E-state index contributed by atoms with van der Waals surface area (Å²) < 4.78 is 0. The van der Waals surface area contributed by atoms with Crippen LogP contribution in [0, 0.1) is 5.92 Å². The Kier molecular flexibility index (Phi) is 1.90. The minimum Gasteiger partial charge on any atom is -0.314 e. The molecule has 48 valence electrons. The Balaban J connectivity index is 2.23. The van der Waals surface area contributed by atoms with E-state index in [1.807, 2.05) is 0 Å². The SMILES string of the molecule is C[C@H]1CCN[C@@H](C)C1. The molecule has 1 aliphatic rings. The van der Waals surface area contributed by atoms with Crippen LogP contribution in [0.2, 0.25) is 0 Å². The molecule has 0 bridgehead atoms. The van der Waals surface area contributed by atoms with Crippen LogP contribution in [0.1, 0.15) is 26.7 Å². The molecule has 0 unspecified atom stereocenters. The average Bonchev–Trinajstić information content (AvgIpc) is 1.64. The molecule has 0 aromatic heterocycles. The van der Waals surface area contributed by atoms with E-state index in [0.29, 0.717) is 0 Å². The minimum atomic E-state index is 0.763. The number of hydrogen-bond donors (Lipinski definition) is 1. The van der Waals surface area contributed by atoms with Crippen LogP contribution >= 0.6 is 0 Å². The first kappa shape index (κ1) is 6.09. The molecule has 0 radical (unpaired) electrons. The minimum absolute atomic E-state index is 0.763. The Morgan fingerprint density at radius 2 is 2.12 bits per heavy atom. The van der Waals surface area contributed by atoms with Gasteiger partial charge in [0.05, 0.1) is 0 Å². The van der Waals surface area contributed by atoms with Crippen LogP contribution in [0.3, 0.4) is 0 Å². The molecule has 0 spiro atoms. The largest absolute Gasteiger partial charge is 0.314 e. The highest BCUT2D eigenvalue weighted by Gasteiger charge is 2.12. The molecule has 0 saturated carbocycles. The van der Waals surface area contributed by atoms with Crippen molar-refractivity contribution in [2.75, 3.05) is 6.54 Å². The Bertz CT molecular complexity index is 62.8. The molecule has 0 amide bonds. The van der Waals surface area contributed by atoms with Crippen LogP contribution in [0.15, 0.2) is 0 Å². The lowest BCUT2D eigenvalue weighted by Crippen LogP contribution is -2.34. The molecule has 1 heteroatoms. The summed E-state index contributed by atoms with van der Waals surface area (Å²) >= 11 is 0. The first-order chi connectivity index (χ1) is 3.79. The van der Waals surface area contributed by atoms with Gasteiger partial charge in [-0.25, -0.2) is 0 Å². The molecule has 1 fully saturated rings. The Morgan fingerprint density at radius 3 is 2.50 bits per heavy atom. The Morgan fingerprint density at radius 1 is 1.38 bits per heavy atom. The summed E-state index contributed by atoms with van der Waals surface area (Å²) in [5.74, 6) is 0.950. The lowest BCUT2D eigenvalue weighted by Gasteiger charge is -2.24. The van der Waals surface area contributed by atoms with E-state index in [1.54, 1.807) is 0 Å². The number of nitrogens with one attached hydrogen (secondary N) is 1. The topological polar surface area (TPSA) is 12.0 Å². The van der Waals surface area contributed by atoms with E-state index in [0.717, 1.165) is 12.0 Å². The van der Waals surface area contributed by atoms with E-state index in [9.17, 15) is 0 Å². The van der Waals surface area contributed by atoms with Gasteiger partial charge in [-0.2, -0.15) is 0 Å². The van der Waals surface area contributed by atoms with Crippen molar-refractivity contribution < 1.29 is 0 Å². The molecule has 1 nitrogen and oxygen atoms in total. The fourth-order valence-corrected chi connectivity index (χ4v) is 1.38. The van der Waals surface area contributed by atoms with Gasteiger partial charge in [0.2, 0.25) is 0 Å². The van der Waals surface area contributed by atoms with Gasteiger partial charge in [0.15, 0.2) is 0 Å². The zero-order chi connectivity index (χ0) is 5.98. The van der Waals surface area contributed by atoms with Crippen molar-refractivity contribution in [1.82, 2.24) is 5.32 Å². The van der Waals surface area contributed by atoms with E-state index in [-0.39, 0.29) is 0 Å². The summed E-state index contributed by atoms with van der Waals surface area (Å²) in [6.07, 6.45) is 2.73. The predicted molar refractivity (Wildman–Crippen MR) is 35.9 cm³/mol. The third-order valence-corrected chi connectivity index (χ3v) is 1.89. The molecule has 1 heterocycles. The van der Waals surface area contributed by atoms with Crippen molar-refractivity contribution >= 4 is 0 Å². The average molecular weight is 113 g/mol. The molecule has 0 aromatic carbocycles. The fraction of sp³-hybridized carbons (Fsp3) is 1.00. The molecule has 0 aromatic rings. The van der Waals surface area contributed by atoms with Crippen molar-refractivity contribution in [2.24, 2.45) is 5.92 Å². The maximum atomic E-state index is 3.41. The van der Waals surface area contributed by atoms with Gasteiger partial charge in [-0.1, -0.05) is 6.92 Å². The van der Waals surface area contributed by atoms with Gasteiger partial charge in [0.1, 0.15) is 0 Å². The van der Waals surface area contributed by atoms with Crippen LogP contribution in [-0.4, -0.2) is 12.6 Å². The molecule has 1 aliphatic heterocycles. The summed E-state index contributed by atoms with van der Waals surface area (Å²) in [4.78, 5) is 0. The van der Waals surface area contributed by atoms with Crippen molar-refractivity contribution in [3.8, 4) is 0 Å². The first-order valence-electron chi connectivity index (χ1n) is 3.52. The number of hydrogen-bond acceptors (Lipinski definition) is 1. The molecular formula is C7H15N. The predicted octanol–water partition coefficient (Wildman–Crippen LogP) is 1.39. The van der Waals surface area contributed by atoms with Crippen LogP contribution in [0.4, 0.5) is 0 Å². The van der Waals surface area contributed by atoms with Crippen molar-refractivity contribution in [3.05, 3.63) is 0 Å². The van der Waals surface area contributed by atoms with E-state index < -0.39 is 0 Å². The number of rotatable bonds is 0. The maximum Gasteiger partial charge on any atom is 0.00412 e. The van der Waals surface area contributed by atoms with Gasteiger partial charge in [0, 0.05) is 6.04 Å². The van der Waals surface area contributed by atoms with Crippen LogP contribution in [0.5, 0.6) is 0 Å². The summed E-state index contributed by atoms with van der Waals surface area (Å²) in [5.41, 5.74) is 0. The highest BCUT2D eigenvalue weighted by atomic mass is 14.9. The third-order valence-electron chi connectivity index (χ3n) is 1.89. The summed E-state index contributed by atoms with van der Waals surface area (Å²) in [5, 5.41) is 3.41. The number of piperidine rings is 1. The second-order valence-electron chi connectivity index (χ2n) is 2.98. The first-order valence-corrected chi connectivity index (χ1v) is 3.52. The second-order valence-corrected chi connectivity index (χ2v) is 2.98. The van der Waals surface area contributed by atoms with Gasteiger partial charge >= 0.3 is 0 Å². The van der Waals surface area contributed by atoms with Crippen LogP contribution in [-0.2, 0) is 0 Å². The smallest absolute Gasteiger partial charge is 0.00412 e. The third kappa shape index (κ3) is 1.48. The van der Waals surface area contributed by atoms with E-state index in [1.165, 1.54) is 19.4 Å². The lowest BCUT2D eigenvalue weighted by molar-refractivity contribution is 0.336. The molecule has 8 heavy (non-hydrogen) atoms. The standard InChI is InChI=1S/C7H15N/c1-6-3-4-8-7(2)5-6/h6-8H,3-5H2,1-2H3/t6-,7-/m0/s1. The van der Waals surface area contributed by atoms with Crippen LogP contribution < -0.4 is 5.32 Å². The summed E-state index contributed by atoms with van der Waals surface area (Å²) in [7, 11) is 0. The van der Waals surface area contributed by atoms with E-state index in [2.05, 4.69) is 19.2 Å². The molecule has 0 aliphatic carbocycles. The molecule has 1 saturated heterocycles. The monoisotopic (exact) mass is 113 g/mol. The van der Waals surface area contributed by atoms with Crippen molar-refractivity contribution in [1.29, 1.82) is 0 Å². The van der Waals surface area contributed by atoms with Crippen LogP contribution in [0.25, 0.3) is 0 Å². The van der Waals surface area contributed by atoms with Gasteiger partial charge in [-0.3, -0.25) is 0 Å². The zero-order valence-electron chi connectivity index (χ0n) is 5.78. The Hall–Kier alpha value is -0.0400. The van der Waals surface area contributed by atoms with Gasteiger partial charge in [0.25, 0.3) is 0 Å². The quantitative estimate of drug-likeness (QED) is 0.500. The van der Waals surface area contributed by atoms with E-state index >= 15 is 0 Å². The molecule has 1 N–H and O–H groups in total. The maximum absolute atomic E-state index is 3.41. The second kappa shape index (κ2) is 2.49. The highest BCUT2D eigenvalue weighted by molar-refractivity contribution is 4.71.